The van der Waals surface area contributed by atoms with Gasteiger partial charge in [-0.2, -0.15) is 0 Å². The number of likely N-dealkylation sites (tertiary alicyclic amines) is 1. The number of rotatable bonds is 8. The van der Waals surface area contributed by atoms with Crippen molar-refractivity contribution >= 4 is 11.9 Å². The number of hydrogen-bond acceptors (Lipinski definition) is 3. The molecule has 0 atom stereocenters. The van der Waals surface area contributed by atoms with Gasteiger partial charge in [0, 0.05) is 36.6 Å². The molecule has 2 aliphatic rings. The zero-order valence-corrected chi connectivity index (χ0v) is 18.5. The van der Waals surface area contributed by atoms with Crippen molar-refractivity contribution in [3.8, 4) is 5.75 Å². The van der Waals surface area contributed by atoms with Gasteiger partial charge in [-0.3, -0.25) is 9.79 Å². The van der Waals surface area contributed by atoms with Crippen molar-refractivity contribution in [2.24, 2.45) is 10.4 Å². The number of benzene rings is 1. The summed E-state index contributed by atoms with van der Waals surface area (Å²) < 4.78 is 5.57. The third-order valence-electron chi connectivity index (χ3n) is 6.37. The molecule has 6 nitrogen and oxygen atoms in total. The van der Waals surface area contributed by atoms with Gasteiger partial charge in [0.2, 0.25) is 0 Å². The van der Waals surface area contributed by atoms with Gasteiger partial charge in [0.25, 0.3) is 5.91 Å². The Hall–Kier alpha value is -2.24. The van der Waals surface area contributed by atoms with Crippen molar-refractivity contribution in [2.45, 2.75) is 65.5 Å². The van der Waals surface area contributed by atoms with Crippen LogP contribution in [0.5, 0.6) is 5.75 Å². The lowest BCUT2D eigenvalue weighted by atomic mass is 9.65. The summed E-state index contributed by atoms with van der Waals surface area (Å²) in [6, 6.07) is 8.32. The van der Waals surface area contributed by atoms with Crippen molar-refractivity contribution < 1.29 is 9.53 Å². The van der Waals surface area contributed by atoms with Crippen LogP contribution in [0.1, 0.15) is 53.0 Å². The number of guanidine groups is 1. The van der Waals surface area contributed by atoms with E-state index >= 15 is 0 Å². The largest absolute Gasteiger partial charge is 0.484 e. The van der Waals surface area contributed by atoms with Crippen LogP contribution >= 0.6 is 0 Å². The third-order valence-corrected chi connectivity index (χ3v) is 6.37. The van der Waals surface area contributed by atoms with Crippen LogP contribution in [0.15, 0.2) is 29.3 Å². The second-order valence-corrected chi connectivity index (χ2v) is 9.29. The summed E-state index contributed by atoms with van der Waals surface area (Å²) in [6.45, 7) is 14.0. The molecule has 1 saturated heterocycles. The van der Waals surface area contributed by atoms with Crippen LogP contribution in [0.2, 0.25) is 0 Å². The molecule has 3 rings (SSSR count). The third kappa shape index (κ3) is 5.22. The average Bonchev–Trinajstić information content (AvgIpc) is 3.49. The Morgan fingerprint density at radius 1 is 1.21 bits per heavy atom. The predicted octanol–water partition coefficient (Wildman–Crippen LogP) is 2.97. The summed E-state index contributed by atoms with van der Waals surface area (Å²) in [4.78, 5) is 18.9. The molecule has 0 unspecified atom stereocenters. The normalized spacial score (nSPS) is 20.0. The summed E-state index contributed by atoms with van der Waals surface area (Å²) in [6.07, 6.45) is 3.05. The van der Waals surface area contributed by atoms with Gasteiger partial charge in [-0.25, -0.2) is 0 Å². The molecule has 1 aromatic rings. The van der Waals surface area contributed by atoms with Crippen LogP contribution in [0.4, 0.5) is 0 Å². The highest BCUT2D eigenvalue weighted by Crippen LogP contribution is 2.46. The molecule has 160 valence electrons. The number of nitrogens with zero attached hydrogens (tertiary/aromatic N) is 2. The van der Waals surface area contributed by atoms with Gasteiger partial charge in [-0.1, -0.05) is 26.0 Å². The van der Waals surface area contributed by atoms with E-state index in [0.717, 1.165) is 50.6 Å². The molecule has 1 heterocycles. The Kier molecular flexibility index (Phi) is 6.39. The van der Waals surface area contributed by atoms with Crippen molar-refractivity contribution in [1.29, 1.82) is 0 Å². The van der Waals surface area contributed by atoms with Crippen LogP contribution in [0.3, 0.4) is 0 Å². The number of carbonyl (C=O) groups excluding carboxylic acids is 1. The molecule has 1 aliphatic heterocycles. The van der Waals surface area contributed by atoms with Crippen LogP contribution in [-0.4, -0.2) is 54.6 Å². The second kappa shape index (κ2) is 8.64. The summed E-state index contributed by atoms with van der Waals surface area (Å²) in [5.74, 6) is 1.68. The molecule has 6 heteroatoms. The van der Waals surface area contributed by atoms with E-state index < -0.39 is 0 Å². The van der Waals surface area contributed by atoms with Gasteiger partial charge in [-0.05, 0) is 57.7 Å². The lowest BCUT2D eigenvalue weighted by molar-refractivity contribution is -0.123. The van der Waals surface area contributed by atoms with Gasteiger partial charge < -0.3 is 20.3 Å². The molecule has 0 spiro atoms. The maximum absolute atomic E-state index is 11.7. The van der Waals surface area contributed by atoms with Gasteiger partial charge in [-0.15, -0.1) is 0 Å². The van der Waals surface area contributed by atoms with E-state index in [1.54, 1.807) is 0 Å². The standard InChI is InChI=1S/C23H36N4O2/c1-6-24-21(27-16-22(2,3)23(27,4)5)25-14-13-17-7-11-19(12-8-17)29-15-20(28)26-18-9-10-18/h7-8,11-12,18H,6,9-10,13-16H2,1-5H3,(H,24,25)(H,26,28). The van der Waals surface area contributed by atoms with E-state index in [1.807, 2.05) is 24.3 Å². The second-order valence-electron chi connectivity index (χ2n) is 9.29. The quantitative estimate of drug-likeness (QED) is 0.520. The molecule has 29 heavy (non-hydrogen) atoms. The Morgan fingerprint density at radius 3 is 2.45 bits per heavy atom. The van der Waals surface area contributed by atoms with Crippen molar-refractivity contribution in [3.05, 3.63) is 29.8 Å². The number of carbonyl (C=O) groups is 1. The molecule has 2 N–H and O–H groups in total. The molecular formula is C23H36N4O2. The van der Waals surface area contributed by atoms with Gasteiger partial charge >= 0.3 is 0 Å². The Bertz CT molecular complexity index is 736. The number of amides is 1. The minimum Gasteiger partial charge on any atom is -0.484 e. The minimum atomic E-state index is -0.0426. The molecule has 1 aromatic carbocycles. The first-order valence-corrected chi connectivity index (χ1v) is 10.8. The smallest absolute Gasteiger partial charge is 0.258 e. The minimum absolute atomic E-state index is 0.0426. The highest BCUT2D eigenvalue weighted by Gasteiger charge is 2.53. The van der Waals surface area contributed by atoms with E-state index in [4.69, 9.17) is 9.73 Å². The van der Waals surface area contributed by atoms with E-state index in [1.165, 1.54) is 5.56 Å². The fourth-order valence-electron chi connectivity index (χ4n) is 3.48. The van der Waals surface area contributed by atoms with Crippen LogP contribution in [0, 0.1) is 5.41 Å². The topological polar surface area (TPSA) is 66.0 Å². The molecule has 1 saturated carbocycles. The molecule has 1 aliphatic carbocycles. The Morgan fingerprint density at radius 2 is 1.90 bits per heavy atom. The molecule has 2 fully saturated rings. The Labute approximate surface area is 175 Å². The van der Waals surface area contributed by atoms with E-state index in [9.17, 15) is 4.79 Å². The number of hydrogen-bond donors (Lipinski definition) is 2. The predicted molar refractivity (Wildman–Crippen MR) is 117 cm³/mol. The molecule has 1 amide bonds. The first-order valence-electron chi connectivity index (χ1n) is 10.8. The fraction of sp³-hybridized carbons (Fsp3) is 0.652. The molecule has 0 aromatic heterocycles. The summed E-state index contributed by atoms with van der Waals surface area (Å²) in [5.41, 5.74) is 1.59. The molecule has 0 bridgehead atoms. The number of nitrogens with one attached hydrogen (secondary N) is 2. The maximum atomic E-state index is 11.7. The monoisotopic (exact) mass is 400 g/mol. The van der Waals surface area contributed by atoms with Crippen molar-refractivity contribution in [2.75, 3.05) is 26.2 Å². The number of aliphatic imine (C=N–C) groups is 1. The first kappa shape index (κ1) is 21.5. The van der Waals surface area contributed by atoms with E-state index in [2.05, 4.69) is 50.2 Å². The maximum Gasteiger partial charge on any atom is 0.258 e. The first-order chi connectivity index (χ1) is 13.7. The zero-order valence-electron chi connectivity index (χ0n) is 18.5. The number of ether oxygens (including phenoxy) is 1. The summed E-state index contributed by atoms with van der Waals surface area (Å²) in [5, 5.41) is 6.36. The van der Waals surface area contributed by atoms with Crippen molar-refractivity contribution in [1.82, 2.24) is 15.5 Å². The zero-order chi connectivity index (χ0) is 21.1. The Balaban J connectivity index is 1.48. The fourth-order valence-corrected chi connectivity index (χ4v) is 3.48. The molecular weight excluding hydrogens is 364 g/mol. The SMILES string of the molecule is CCNC(=NCCc1ccc(OCC(=O)NC2CC2)cc1)N1CC(C)(C)C1(C)C. The van der Waals surface area contributed by atoms with Gasteiger partial charge in [0.05, 0.1) is 0 Å². The van der Waals surface area contributed by atoms with Crippen molar-refractivity contribution in [3.63, 3.8) is 0 Å². The van der Waals surface area contributed by atoms with E-state index in [-0.39, 0.29) is 23.5 Å². The van der Waals surface area contributed by atoms with Gasteiger partial charge in [0.15, 0.2) is 12.6 Å². The van der Waals surface area contributed by atoms with Gasteiger partial charge in [0.1, 0.15) is 5.75 Å². The summed E-state index contributed by atoms with van der Waals surface area (Å²) in [7, 11) is 0. The van der Waals surface area contributed by atoms with E-state index in [0.29, 0.717) is 6.04 Å². The average molecular weight is 401 g/mol. The lowest BCUT2D eigenvalue weighted by Crippen LogP contribution is -2.72. The molecule has 0 radical (unpaired) electrons. The van der Waals surface area contributed by atoms with Crippen LogP contribution < -0.4 is 15.4 Å². The van der Waals surface area contributed by atoms with Crippen LogP contribution in [0.25, 0.3) is 0 Å². The lowest BCUT2D eigenvalue weighted by Gasteiger charge is -2.62. The van der Waals surface area contributed by atoms with Crippen LogP contribution in [-0.2, 0) is 11.2 Å². The summed E-state index contributed by atoms with van der Waals surface area (Å²) >= 11 is 0. The highest BCUT2D eigenvalue weighted by molar-refractivity contribution is 5.82. The highest BCUT2D eigenvalue weighted by atomic mass is 16.5.